The van der Waals surface area contributed by atoms with E-state index in [4.69, 9.17) is 5.14 Å². The lowest BCUT2D eigenvalue weighted by atomic mass is 10.00. The lowest BCUT2D eigenvalue weighted by molar-refractivity contribution is -0.121. The molecule has 32 heavy (non-hydrogen) atoms. The summed E-state index contributed by atoms with van der Waals surface area (Å²) < 4.78 is 36.6. The van der Waals surface area contributed by atoms with Gasteiger partial charge in [-0.1, -0.05) is 42.5 Å². The van der Waals surface area contributed by atoms with E-state index >= 15 is 0 Å². The van der Waals surface area contributed by atoms with Crippen molar-refractivity contribution >= 4 is 39.3 Å². The van der Waals surface area contributed by atoms with Crippen LogP contribution in [0.2, 0.25) is 0 Å². The minimum Gasteiger partial charge on any atom is -0.322 e. The van der Waals surface area contributed by atoms with Crippen molar-refractivity contribution in [1.29, 1.82) is 0 Å². The van der Waals surface area contributed by atoms with Gasteiger partial charge < -0.3 is 5.32 Å². The molecule has 0 bridgehead atoms. The Bertz CT molecular complexity index is 1320. The van der Waals surface area contributed by atoms with Crippen molar-refractivity contribution < 1.29 is 22.4 Å². The Kier molecular flexibility index (Phi) is 5.60. The van der Waals surface area contributed by atoms with Crippen LogP contribution in [-0.4, -0.2) is 20.2 Å². The second-order valence-electron chi connectivity index (χ2n) is 7.12. The fourth-order valence-electron chi connectivity index (χ4n) is 3.46. The van der Waals surface area contributed by atoms with Crippen molar-refractivity contribution in [3.05, 3.63) is 95.8 Å². The van der Waals surface area contributed by atoms with E-state index < -0.39 is 33.7 Å². The maximum atomic E-state index is 13.3. The monoisotopic (exact) mass is 451 g/mol. The van der Waals surface area contributed by atoms with Crippen LogP contribution in [-0.2, 0) is 19.6 Å². The molecule has 1 atom stereocenters. The largest absolute Gasteiger partial charge is 0.322 e. The number of primary sulfonamides is 1. The maximum absolute atomic E-state index is 13.3. The van der Waals surface area contributed by atoms with Crippen molar-refractivity contribution in [3.8, 4) is 0 Å². The summed E-state index contributed by atoms with van der Waals surface area (Å²) in [6, 6.07) is 17.2. The molecule has 9 heteroatoms. The van der Waals surface area contributed by atoms with E-state index in [2.05, 4.69) is 5.32 Å². The first kappa shape index (κ1) is 21.4. The van der Waals surface area contributed by atoms with Crippen molar-refractivity contribution in [3.63, 3.8) is 0 Å². The predicted molar refractivity (Wildman–Crippen MR) is 119 cm³/mol. The SMILES string of the molecule is NS(=O)(=O)c1ccc2c(c1)NC(=O)C(c1ccccc1)N2C(=O)/C=C/c1ccc(F)cc1. The van der Waals surface area contributed by atoms with Crippen LogP contribution in [0.3, 0.4) is 0 Å². The average Bonchev–Trinajstić information content (AvgIpc) is 2.77. The van der Waals surface area contributed by atoms with Crippen LogP contribution in [0.1, 0.15) is 17.2 Å². The number of hydrogen-bond acceptors (Lipinski definition) is 4. The van der Waals surface area contributed by atoms with Gasteiger partial charge in [-0.3, -0.25) is 14.5 Å². The number of amides is 2. The van der Waals surface area contributed by atoms with Crippen LogP contribution >= 0.6 is 0 Å². The zero-order chi connectivity index (χ0) is 22.9. The highest BCUT2D eigenvalue weighted by Crippen LogP contribution is 2.39. The molecule has 7 nitrogen and oxygen atoms in total. The van der Waals surface area contributed by atoms with Crippen LogP contribution in [0, 0.1) is 5.82 Å². The summed E-state index contributed by atoms with van der Waals surface area (Å²) in [4.78, 5) is 27.3. The van der Waals surface area contributed by atoms with Gasteiger partial charge in [-0.2, -0.15) is 0 Å². The Hall–Kier alpha value is -3.82. The summed E-state index contributed by atoms with van der Waals surface area (Å²) in [5.74, 6) is -1.41. The number of nitrogens with two attached hydrogens (primary N) is 1. The minimum absolute atomic E-state index is 0.150. The number of hydrogen-bond donors (Lipinski definition) is 2. The van der Waals surface area contributed by atoms with Gasteiger partial charge in [0.1, 0.15) is 11.9 Å². The summed E-state index contributed by atoms with van der Waals surface area (Å²) in [6.45, 7) is 0. The fourth-order valence-corrected chi connectivity index (χ4v) is 4.00. The van der Waals surface area contributed by atoms with Gasteiger partial charge in [-0.25, -0.2) is 17.9 Å². The molecule has 3 aromatic rings. The van der Waals surface area contributed by atoms with Gasteiger partial charge in [0.15, 0.2) is 0 Å². The molecule has 0 aliphatic carbocycles. The number of nitrogens with one attached hydrogen (secondary N) is 1. The number of fused-ring (bicyclic) bond motifs is 1. The molecule has 4 rings (SSSR count). The lowest BCUT2D eigenvalue weighted by Crippen LogP contribution is -2.44. The smallest absolute Gasteiger partial charge is 0.252 e. The summed E-state index contributed by atoms with van der Waals surface area (Å²) in [5.41, 5.74) is 1.65. The third-order valence-electron chi connectivity index (χ3n) is 4.96. The molecule has 3 aromatic carbocycles. The number of anilines is 2. The third-order valence-corrected chi connectivity index (χ3v) is 5.87. The molecule has 162 valence electrons. The molecule has 0 radical (unpaired) electrons. The molecule has 0 saturated heterocycles. The maximum Gasteiger partial charge on any atom is 0.252 e. The molecule has 1 aliphatic heterocycles. The van der Waals surface area contributed by atoms with E-state index in [0.29, 0.717) is 16.8 Å². The van der Waals surface area contributed by atoms with Gasteiger partial charge in [-0.05, 0) is 47.5 Å². The Morgan fingerprint density at radius 2 is 1.72 bits per heavy atom. The zero-order valence-electron chi connectivity index (χ0n) is 16.6. The van der Waals surface area contributed by atoms with E-state index in [1.165, 1.54) is 59.5 Å². The highest BCUT2D eigenvalue weighted by Gasteiger charge is 2.37. The number of rotatable bonds is 4. The zero-order valence-corrected chi connectivity index (χ0v) is 17.4. The van der Waals surface area contributed by atoms with E-state index in [0.717, 1.165) is 0 Å². The van der Waals surface area contributed by atoms with Crippen molar-refractivity contribution in [1.82, 2.24) is 0 Å². The number of nitrogens with zero attached hydrogens (tertiary/aromatic N) is 1. The quantitative estimate of drug-likeness (QED) is 0.594. The normalized spacial score (nSPS) is 16.0. The number of sulfonamides is 1. The first-order valence-corrected chi connectivity index (χ1v) is 11.1. The number of carbonyl (C=O) groups is 2. The average molecular weight is 451 g/mol. The standard InChI is InChI=1S/C23H18FN3O4S/c24-17-9-6-15(7-10-17)8-13-21(28)27-20-12-11-18(32(25,30)31)14-19(20)26-23(29)22(27)16-4-2-1-3-5-16/h1-14,22H,(H,26,29)(H2,25,30,31)/b13-8+. The highest BCUT2D eigenvalue weighted by atomic mass is 32.2. The lowest BCUT2D eigenvalue weighted by Gasteiger charge is -2.36. The number of carbonyl (C=O) groups excluding carboxylic acids is 2. The van der Waals surface area contributed by atoms with E-state index in [9.17, 15) is 22.4 Å². The highest BCUT2D eigenvalue weighted by molar-refractivity contribution is 7.89. The summed E-state index contributed by atoms with van der Waals surface area (Å²) >= 11 is 0. The second kappa shape index (κ2) is 8.37. The molecule has 0 spiro atoms. The van der Waals surface area contributed by atoms with Gasteiger partial charge in [0.2, 0.25) is 10.0 Å². The molecule has 0 aromatic heterocycles. The fraction of sp³-hybridized carbons (Fsp3) is 0.0435. The van der Waals surface area contributed by atoms with Crippen LogP contribution in [0.4, 0.5) is 15.8 Å². The Labute approximate surface area is 184 Å². The van der Waals surface area contributed by atoms with Gasteiger partial charge >= 0.3 is 0 Å². The van der Waals surface area contributed by atoms with Crippen LogP contribution < -0.4 is 15.4 Å². The first-order valence-electron chi connectivity index (χ1n) is 9.53. The van der Waals surface area contributed by atoms with E-state index in [1.54, 1.807) is 30.3 Å². The van der Waals surface area contributed by atoms with Gasteiger partial charge in [0.25, 0.3) is 11.8 Å². The Balaban J connectivity index is 1.79. The summed E-state index contributed by atoms with van der Waals surface area (Å²) in [7, 11) is -4.01. The van der Waals surface area contributed by atoms with Crippen molar-refractivity contribution in [2.45, 2.75) is 10.9 Å². The van der Waals surface area contributed by atoms with Gasteiger partial charge in [0.05, 0.1) is 16.3 Å². The molecule has 2 amide bonds. The molecule has 1 aliphatic rings. The van der Waals surface area contributed by atoms with Crippen LogP contribution in [0.25, 0.3) is 6.08 Å². The van der Waals surface area contributed by atoms with Crippen LogP contribution in [0.5, 0.6) is 0 Å². The predicted octanol–water partition coefficient (Wildman–Crippen LogP) is 3.21. The number of benzene rings is 3. The van der Waals surface area contributed by atoms with Crippen molar-refractivity contribution in [2.24, 2.45) is 5.14 Å². The molecule has 1 heterocycles. The topological polar surface area (TPSA) is 110 Å². The molecule has 0 fully saturated rings. The molecular weight excluding hydrogens is 433 g/mol. The molecule has 3 N–H and O–H groups in total. The van der Waals surface area contributed by atoms with E-state index in [-0.39, 0.29) is 10.6 Å². The van der Waals surface area contributed by atoms with Crippen LogP contribution in [0.15, 0.2) is 83.8 Å². The minimum atomic E-state index is -4.01. The summed E-state index contributed by atoms with van der Waals surface area (Å²) in [6.07, 6.45) is 2.79. The van der Waals surface area contributed by atoms with Gasteiger partial charge in [-0.15, -0.1) is 0 Å². The van der Waals surface area contributed by atoms with Gasteiger partial charge in [0, 0.05) is 6.08 Å². The Morgan fingerprint density at radius 1 is 1.03 bits per heavy atom. The van der Waals surface area contributed by atoms with E-state index in [1.807, 2.05) is 0 Å². The second-order valence-corrected chi connectivity index (χ2v) is 8.68. The third kappa shape index (κ3) is 4.29. The first-order chi connectivity index (χ1) is 15.2. The molecule has 0 saturated carbocycles. The molecular formula is C23H18FN3O4S. The molecule has 1 unspecified atom stereocenters. The Morgan fingerprint density at radius 3 is 2.38 bits per heavy atom. The van der Waals surface area contributed by atoms with Crippen molar-refractivity contribution in [2.75, 3.05) is 10.2 Å². The summed E-state index contributed by atoms with van der Waals surface area (Å²) in [5, 5.41) is 7.87. The number of halogens is 1.